The van der Waals surface area contributed by atoms with Gasteiger partial charge >= 0.3 is 0 Å². The maximum atomic E-state index is 13.6. The first-order valence-corrected chi connectivity index (χ1v) is 11.5. The number of hydrogen-bond donors (Lipinski definition) is 1. The van der Waals surface area contributed by atoms with Crippen LogP contribution in [0.2, 0.25) is 0 Å². The second-order valence-electron chi connectivity index (χ2n) is 8.77. The van der Waals surface area contributed by atoms with Crippen LogP contribution < -0.4 is 5.32 Å². The molecule has 0 aliphatic carbocycles. The minimum absolute atomic E-state index is 0. The number of halogens is 1. The number of fused-ring (bicyclic) bond motifs is 1. The van der Waals surface area contributed by atoms with Crippen molar-refractivity contribution in [2.45, 2.75) is 32.9 Å². The summed E-state index contributed by atoms with van der Waals surface area (Å²) in [5, 5.41) is 3.52. The predicted octanol–water partition coefficient (Wildman–Crippen LogP) is 6.00. The van der Waals surface area contributed by atoms with Gasteiger partial charge in [-0.05, 0) is 55.8 Å². The molecular formula is C28H29FN4OS. The van der Waals surface area contributed by atoms with E-state index >= 15 is 0 Å². The molecule has 180 valence electrons. The highest BCUT2D eigenvalue weighted by atomic mass is 32.1. The van der Waals surface area contributed by atoms with Crippen LogP contribution >= 0.6 is 13.5 Å². The SMILES string of the molecule is Cc1ccc(Nc2c(-c3ccc(F)cc3)nc3n2CCN(C(=O)[C@@H](C)c2ccccc2)C3)cc1.S. The van der Waals surface area contributed by atoms with E-state index in [0.717, 1.165) is 34.2 Å². The molecule has 0 radical (unpaired) electrons. The highest BCUT2D eigenvalue weighted by Gasteiger charge is 2.29. The quantitative estimate of drug-likeness (QED) is 0.375. The summed E-state index contributed by atoms with van der Waals surface area (Å²) in [6, 6.07) is 24.4. The van der Waals surface area contributed by atoms with Crippen LogP contribution in [-0.4, -0.2) is 26.9 Å². The molecule has 1 atom stereocenters. The van der Waals surface area contributed by atoms with Crippen molar-refractivity contribution < 1.29 is 9.18 Å². The van der Waals surface area contributed by atoms with Crippen LogP contribution in [0.3, 0.4) is 0 Å². The first-order valence-electron chi connectivity index (χ1n) is 11.5. The van der Waals surface area contributed by atoms with Crippen LogP contribution in [0.4, 0.5) is 15.9 Å². The molecule has 4 aromatic rings. The molecule has 3 aromatic carbocycles. The lowest BCUT2D eigenvalue weighted by Crippen LogP contribution is -2.40. The zero-order valence-corrected chi connectivity index (χ0v) is 20.8. The predicted molar refractivity (Wildman–Crippen MR) is 143 cm³/mol. The molecule has 0 fully saturated rings. The van der Waals surface area contributed by atoms with Crippen molar-refractivity contribution in [1.82, 2.24) is 14.5 Å². The van der Waals surface area contributed by atoms with Gasteiger partial charge in [-0.15, -0.1) is 0 Å². The number of nitrogens with zero attached hydrogens (tertiary/aromatic N) is 3. The van der Waals surface area contributed by atoms with E-state index < -0.39 is 0 Å². The first-order chi connectivity index (χ1) is 16.5. The van der Waals surface area contributed by atoms with Gasteiger partial charge in [-0.25, -0.2) is 9.37 Å². The summed E-state index contributed by atoms with van der Waals surface area (Å²) in [4.78, 5) is 20.1. The standard InChI is InChI=1S/C28H27FN4O.H2S/c1-19-8-14-24(15-9-19)30-27-26(22-10-12-23(29)13-11-22)31-25-18-32(16-17-33(25)27)28(34)20(2)21-6-4-3-5-7-21;/h3-15,20,30H,16-18H2,1-2H3;1H2/t20-;/m0./s1. The van der Waals surface area contributed by atoms with E-state index in [1.165, 1.54) is 17.7 Å². The summed E-state index contributed by atoms with van der Waals surface area (Å²) in [5.74, 6) is 1.26. The zero-order chi connectivity index (χ0) is 23.7. The van der Waals surface area contributed by atoms with Gasteiger partial charge in [0.15, 0.2) is 0 Å². The van der Waals surface area contributed by atoms with Crippen LogP contribution in [0.1, 0.15) is 29.8 Å². The number of rotatable bonds is 5. The van der Waals surface area contributed by atoms with Gasteiger partial charge in [0.05, 0.1) is 12.5 Å². The van der Waals surface area contributed by atoms with Gasteiger partial charge in [0, 0.05) is 24.3 Å². The average Bonchev–Trinajstić information content (AvgIpc) is 3.23. The second kappa shape index (κ2) is 10.4. The molecule has 0 saturated carbocycles. The zero-order valence-electron chi connectivity index (χ0n) is 19.8. The fourth-order valence-corrected chi connectivity index (χ4v) is 4.39. The minimum atomic E-state index is -0.285. The van der Waals surface area contributed by atoms with Crippen LogP contribution in [0.25, 0.3) is 11.3 Å². The number of carbonyl (C=O) groups is 1. The molecule has 0 bridgehead atoms. The van der Waals surface area contributed by atoms with Crippen LogP contribution in [-0.2, 0) is 17.9 Å². The van der Waals surface area contributed by atoms with Gasteiger partial charge in [0.25, 0.3) is 0 Å². The third-order valence-electron chi connectivity index (χ3n) is 6.39. The Morgan fingerprint density at radius 2 is 1.66 bits per heavy atom. The number of carbonyl (C=O) groups excluding carboxylic acids is 1. The van der Waals surface area contributed by atoms with Crippen molar-refractivity contribution in [3.8, 4) is 11.3 Å². The number of nitrogens with one attached hydrogen (secondary N) is 1. The van der Waals surface area contributed by atoms with Gasteiger partial charge < -0.3 is 14.8 Å². The number of hydrogen-bond acceptors (Lipinski definition) is 3. The van der Waals surface area contributed by atoms with E-state index in [9.17, 15) is 9.18 Å². The Morgan fingerprint density at radius 3 is 2.34 bits per heavy atom. The smallest absolute Gasteiger partial charge is 0.230 e. The van der Waals surface area contributed by atoms with Gasteiger partial charge in [-0.1, -0.05) is 48.0 Å². The number of benzene rings is 3. The molecule has 7 heteroatoms. The van der Waals surface area contributed by atoms with Crippen molar-refractivity contribution in [3.63, 3.8) is 0 Å². The summed E-state index contributed by atoms with van der Waals surface area (Å²) in [6.07, 6.45) is 0. The third-order valence-corrected chi connectivity index (χ3v) is 6.39. The molecule has 0 saturated heterocycles. The van der Waals surface area contributed by atoms with E-state index in [0.29, 0.717) is 19.6 Å². The van der Waals surface area contributed by atoms with Crippen LogP contribution in [0, 0.1) is 12.7 Å². The Hall–Kier alpha value is -3.58. The van der Waals surface area contributed by atoms with Gasteiger partial charge in [-0.3, -0.25) is 4.79 Å². The lowest BCUT2D eigenvalue weighted by Gasteiger charge is -2.30. The highest BCUT2D eigenvalue weighted by Crippen LogP contribution is 2.34. The largest absolute Gasteiger partial charge is 0.340 e. The molecule has 1 amide bonds. The molecular weight excluding hydrogens is 459 g/mol. The van der Waals surface area contributed by atoms with Crippen molar-refractivity contribution in [2.24, 2.45) is 0 Å². The van der Waals surface area contributed by atoms with Crippen molar-refractivity contribution in [1.29, 1.82) is 0 Å². The van der Waals surface area contributed by atoms with E-state index in [-0.39, 0.29) is 31.1 Å². The maximum absolute atomic E-state index is 13.6. The highest BCUT2D eigenvalue weighted by molar-refractivity contribution is 7.59. The van der Waals surface area contributed by atoms with Crippen molar-refractivity contribution in [2.75, 3.05) is 11.9 Å². The molecule has 5 rings (SSSR count). The summed E-state index contributed by atoms with van der Waals surface area (Å²) in [5.41, 5.74) is 4.72. The molecule has 0 unspecified atom stereocenters. The molecule has 1 N–H and O–H groups in total. The Balaban J connectivity index is 0.00000289. The number of aromatic nitrogens is 2. The molecule has 35 heavy (non-hydrogen) atoms. The Morgan fingerprint density at radius 1 is 0.971 bits per heavy atom. The molecule has 1 aliphatic rings. The molecule has 1 aliphatic heterocycles. The molecule has 5 nitrogen and oxygen atoms in total. The Kier molecular flexibility index (Phi) is 7.26. The second-order valence-corrected chi connectivity index (χ2v) is 8.77. The molecule has 0 spiro atoms. The number of amides is 1. The van der Waals surface area contributed by atoms with Crippen LogP contribution in [0.15, 0.2) is 78.9 Å². The fraction of sp³-hybridized carbons (Fsp3) is 0.214. The van der Waals surface area contributed by atoms with Gasteiger partial charge in [0.1, 0.15) is 23.2 Å². The molecule has 1 aromatic heterocycles. The van der Waals surface area contributed by atoms with Crippen LogP contribution in [0.5, 0.6) is 0 Å². The summed E-state index contributed by atoms with van der Waals surface area (Å²) in [7, 11) is 0. The van der Waals surface area contributed by atoms with Crippen molar-refractivity contribution >= 4 is 30.9 Å². The number of imidazole rings is 1. The number of anilines is 2. The lowest BCUT2D eigenvalue weighted by atomic mass is 9.99. The van der Waals surface area contributed by atoms with Gasteiger partial charge in [0.2, 0.25) is 5.91 Å². The summed E-state index contributed by atoms with van der Waals surface area (Å²) < 4.78 is 15.7. The summed E-state index contributed by atoms with van der Waals surface area (Å²) >= 11 is 0. The normalized spacial score (nSPS) is 13.5. The summed E-state index contributed by atoms with van der Waals surface area (Å²) in [6.45, 7) is 5.67. The van der Waals surface area contributed by atoms with E-state index in [4.69, 9.17) is 4.98 Å². The Labute approximate surface area is 212 Å². The minimum Gasteiger partial charge on any atom is -0.340 e. The van der Waals surface area contributed by atoms with E-state index in [1.54, 1.807) is 12.1 Å². The topological polar surface area (TPSA) is 50.2 Å². The number of aryl methyl sites for hydroxylation is 1. The monoisotopic (exact) mass is 488 g/mol. The first kappa shape index (κ1) is 24.5. The fourth-order valence-electron chi connectivity index (χ4n) is 4.39. The maximum Gasteiger partial charge on any atom is 0.230 e. The Bertz CT molecular complexity index is 1300. The van der Waals surface area contributed by atoms with E-state index in [1.807, 2.05) is 54.3 Å². The third kappa shape index (κ3) is 5.10. The molecule has 2 heterocycles. The average molecular weight is 489 g/mol. The van der Waals surface area contributed by atoms with Crippen molar-refractivity contribution in [3.05, 3.63) is 102 Å². The van der Waals surface area contributed by atoms with Gasteiger partial charge in [-0.2, -0.15) is 13.5 Å². The van der Waals surface area contributed by atoms with E-state index in [2.05, 4.69) is 28.9 Å². The lowest BCUT2D eigenvalue weighted by molar-refractivity contribution is -0.134.